The Morgan fingerprint density at radius 2 is 2.27 bits per heavy atom. The van der Waals surface area contributed by atoms with Gasteiger partial charge in [-0.3, -0.25) is 0 Å². The standard InChI is InChI=1S/C12H14N2O/c1-2-14-7-6-13-12(14)9-10-4-3-5-11(15)8-10/h3-8,15H,2,9H2,1H3. The number of rotatable bonds is 3. The maximum absolute atomic E-state index is 9.34. The van der Waals surface area contributed by atoms with E-state index in [1.54, 1.807) is 12.1 Å². The first-order valence-electron chi connectivity index (χ1n) is 5.07. The van der Waals surface area contributed by atoms with Gasteiger partial charge in [-0.05, 0) is 24.6 Å². The van der Waals surface area contributed by atoms with E-state index in [-0.39, 0.29) is 0 Å². The van der Waals surface area contributed by atoms with Crippen molar-refractivity contribution >= 4 is 0 Å². The molecule has 3 heteroatoms. The zero-order chi connectivity index (χ0) is 10.7. The maximum Gasteiger partial charge on any atom is 0.115 e. The normalized spacial score (nSPS) is 10.5. The van der Waals surface area contributed by atoms with Crippen LogP contribution in [0.3, 0.4) is 0 Å². The summed E-state index contributed by atoms with van der Waals surface area (Å²) < 4.78 is 2.10. The Balaban J connectivity index is 2.22. The minimum atomic E-state index is 0.308. The molecule has 2 aromatic rings. The number of phenolic OH excluding ortho intramolecular Hbond substituents is 1. The number of imidazole rings is 1. The predicted octanol–water partition coefficient (Wildman–Crippen LogP) is 2.20. The molecule has 0 aliphatic carbocycles. The molecule has 0 aliphatic rings. The summed E-state index contributed by atoms with van der Waals surface area (Å²) in [6.45, 7) is 3.02. The van der Waals surface area contributed by atoms with E-state index < -0.39 is 0 Å². The van der Waals surface area contributed by atoms with Gasteiger partial charge in [0.1, 0.15) is 11.6 Å². The van der Waals surface area contributed by atoms with E-state index in [1.807, 2.05) is 24.5 Å². The van der Waals surface area contributed by atoms with Gasteiger partial charge in [0, 0.05) is 25.4 Å². The van der Waals surface area contributed by atoms with Gasteiger partial charge in [0.2, 0.25) is 0 Å². The summed E-state index contributed by atoms with van der Waals surface area (Å²) >= 11 is 0. The molecule has 1 aromatic heterocycles. The van der Waals surface area contributed by atoms with Crippen molar-refractivity contribution in [2.24, 2.45) is 0 Å². The third-order valence-electron chi connectivity index (χ3n) is 2.42. The van der Waals surface area contributed by atoms with Crippen LogP contribution in [0.5, 0.6) is 5.75 Å². The topological polar surface area (TPSA) is 38.0 Å². The number of hydrogen-bond donors (Lipinski definition) is 1. The Bertz CT molecular complexity index is 448. The first-order valence-corrected chi connectivity index (χ1v) is 5.07. The second-order valence-corrected chi connectivity index (χ2v) is 3.48. The minimum absolute atomic E-state index is 0.308. The van der Waals surface area contributed by atoms with E-state index in [0.29, 0.717) is 5.75 Å². The van der Waals surface area contributed by atoms with E-state index in [0.717, 1.165) is 24.4 Å². The average Bonchev–Trinajstić information content (AvgIpc) is 2.65. The fourth-order valence-electron chi connectivity index (χ4n) is 1.64. The van der Waals surface area contributed by atoms with Gasteiger partial charge >= 0.3 is 0 Å². The van der Waals surface area contributed by atoms with Crippen molar-refractivity contribution in [3.05, 3.63) is 48.0 Å². The lowest BCUT2D eigenvalue weighted by Gasteiger charge is -2.04. The van der Waals surface area contributed by atoms with Crippen LogP contribution in [-0.4, -0.2) is 14.7 Å². The van der Waals surface area contributed by atoms with Gasteiger partial charge < -0.3 is 9.67 Å². The zero-order valence-corrected chi connectivity index (χ0v) is 8.72. The summed E-state index contributed by atoms with van der Waals surface area (Å²) in [6.07, 6.45) is 4.54. The Labute approximate surface area is 89.0 Å². The van der Waals surface area contributed by atoms with E-state index in [4.69, 9.17) is 0 Å². The quantitative estimate of drug-likeness (QED) is 0.828. The van der Waals surface area contributed by atoms with E-state index in [1.165, 1.54) is 0 Å². The molecule has 1 aromatic carbocycles. The van der Waals surface area contributed by atoms with Crippen molar-refractivity contribution in [2.75, 3.05) is 0 Å². The molecule has 1 N–H and O–H groups in total. The third-order valence-corrected chi connectivity index (χ3v) is 2.42. The number of hydrogen-bond acceptors (Lipinski definition) is 2. The number of phenols is 1. The smallest absolute Gasteiger partial charge is 0.115 e. The first-order chi connectivity index (χ1) is 7.29. The predicted molar refractivity (Wildman–Crippen MR) is 58.8 cm³/mol. The van der Waals surface area contributed by atoms with Crippen molar-refractivity contribution in [1.82, 2.24) is 9.55 Å². The number of aromatic nitrogens is 2. The number of benzene rings is 1. The molecule has 2 rings (SSSR count). The number of nitrogens with zero attached hydrogens (tertiary/aromatic N) is 2. The number of aryl methyl sites for hydroxylation is 1. The van der Waals surface area contributed by atoms with Gasteiger partial charge in [-0.1, -0.05) is 12.1 Å². The molecule has 78 valence electrons. The molecule has 0 aliphatic heterocycles. The highest BCUT2D eigenvalue weighted by atomic mass is 16.3. The van der Waals surface area contributed by atoms with Crippen LogP contribution in [0.2, 0.25) is 0 Å². The Morgan fingerprint density at radius 1 is 1.40 bits per heavy atom. The van der Waals surface area contributed by atoms with Crippen LogP contribution in [0, 0.1) is 0 Å². The highest BCUT2D eigenvalue weighted by Gasteiger charge is 2.02. The van der Waals surface area contributed by atoms with Crippen molar-refractivity contribution in [1.29, 1.82) is 0 Å². The average molecular weight is 202 g/mol. The second kappa shape index (κ2) is 4.17. The van der Waals surface area contributed by atoms with Crippen LogP contribution in [0.4, 0.5) is 0 Å². The van der Waals surface area contributed by atoms with Crippen LogP contribution >= 0.6 is 0 Å². The molecule has 0 saturated carbocycles. The molecule has 0 amide bonds. The lowest BCUT2D eigenvalue weighted by molar-refractivity contribution is 0.474. The largest absolute Gasteiger partial charge is 0.508 e. The summed E-state index contributed by atoms with van der Waals surface area (Å²) in [7, 11) is 0. The fourth-order valence-corrected chi connectivity index (χ4v) is 1.64. The Hall–Kier alpha value is -1.77. The van der Waals surface area contributed by atoms with E-state index in [2.05, 4.69) is 16.5 Å². The molecule has 0 bridgehead atoms. The lowest BCUT2D eigenvalue weighted by atomic mass is 10.1. The first kappa shape index (κ1) is 9.77. The summed E-state index contributed by atoms with van der Waals surface area (Å²) in [6, 6.07) is 7.29. The molecule has 0 atom stereocenters. The zero-order valence-electron chi connectivity index (χ0n) is 8.72. The van der Waals surface area contributed by atoms with Crippen LogP contribution in [0.15, 0.2) is 36.7 Å². The second-order valence-electron chi connectivity index (χ2n) is 3.48. The van der Waals surface area contributed by atoms with Crippen LogP contribution in [0.25, 0.3) is 0 Å². The summed E-state index contributed by atoms with van der Waals surface area (Å²) in [5.74, 6) is 1.34. The van der Waals surface area contributed by atoms with E-state index >= 15 is 0 Å². The van der Waals surface area contributed by atoms with Gasteiger partial charge in [0.05, 0.1) is 0 Å². The Morgan fingerprint density at radius 3 is 3.00 bits per heavy atom. The molecule has 0 fully saturated rings. The molecule has 15 heavy (non-hydrogen) atoms. The summed E-state index contributed by atoms with van der Waals surface area (Å²) in [4.78, 5) is 4.29. The SMILES string of the molecule is CCn1ccnc1Cc1cccc(O)c1. The van der Waals surface area contributed by atoms with Crippen molar-refractivity contribution in [3.8, 4) is 5.75 Å². The molecule has 0 unspecified atom stereocenters. The lowest BCUT2D eigenvalue weighted by Crippen LogP contribution is -2.01. The summed E-state index contributed by atoms with van der Waals surface area (Å²) in [5.41, 5.74) is 1.08. The highest BCUT2D eigenvalue weighted by Crippen LogP contribution is 2.14. The molecule has 3 nitrogen and oxygen atoms in total. The number of aromatic hydroxyl groups is 1. The van der Waals surface area contributed by atoms with Crippen molar-refractivity contribution in [3.63, 3.8) is 0 Å². The molecule has 0 spiro atoms. The molecule has 0 saturated heterocycles. The minimum Gasteiger partial charge on any atom is -0.508 e. The molecule has 1 heterocycles. The Kier molecular flexibility index (Phi) is 2.72. The summed E-state index contributed by atoms with van der Waals surface area (Å²) in [5, 5.41) is 9.34. The molecular formula is C12H14N2O. The highest BCUT2D eigenvalue weighted by molar-refractivity contribution is 5.29. The van der Waals surface area contributed by atoms with Gasteiger partial charge in [-0.25, -0.2) is 4.98 Å². The van der Waals surface area contributed by atoms with Crippen molar-refractivity contribution < 1.29 is 5.11 Å². The van der Waals surface area contributed by atoms with Crippen molar-refractivity contribution in [2.45, 2.75) is 19.9 Å². The van der Waals surface area contributed by atoms with Gasteiger partial charge in [0.25, 0.3) is 0 Å². The van der Waals surface area contributed by atoms with Gasteiger partial charge in [0.15, 0.2) is 0 Å². The maximum atomic E-state index is 9.34. The van der Waals surface area contributed by atoms with Crippen LogP contribution < -0.4 is 0 Å². The monoisotopic (exact) mass is 202 g/mol. The fraction of sp³-hybridized carbons (Fsp3) is 0.250. The molecular weight excluding hydrogens is 188 g/mol. The van der Waals surface area contributed by atoms with Gasteiger partial charge in [-0.2, -0.15) is 0 Å². The van der Waals surface area contributed by atoms with E-state index in [9.17, 15) is 5.11 Å². The van der Waals surface area contributed by atoms with Crippen LogP contribution in [-0.2, 0) is 13.0 Å². The third kappa shape index (κ3) is 2.18. The molecule has 0 radical (unpaired) electrons. The van der Waals surface area contributed by atoms with Gasteiger partial charge in [-0.15, -0.1) is 0 Å². The van der Waals surface area contributed by atoms with Crippen LogP contribution in [0.1, 0.15) is 18.3 Å².